The van der Waals surface area contributed by atoms with E-state index in [1.807, 2.05) is 24.3 Å². The standard InChI is InChI=1S/C16H16N2O3/c1-2-13-15(20-9-8-19-13)14(3-1)21-10-12-5-4-11-6-7-17-16(11)18-12/h1-5H,6-10H2,(H,17,18). The fraction of sp³-hybridized carbons (Fsp3) is 0.312. The van der Waals surface area contributed by atoms with Gasteiger partial charge in [0.05, 0.1) is 5.69 Å². The van der Waals surface area contributed by atoms with Gasteiger partial charge in [-0.2, -0.15) is 0 Å². The molecule has 0 atom stereocenters. The predicted molar refractivity (Wildman–Crippen MR) is 78.2 cm³/mol. The number of ether oxygens (including phenoxy) is 3. The molecule has 1 N–H and O–H groups in total. The van der Waals surface area contributed by atoms with Crippen LogP contribution in [0.2, 0.25) is 0 Å². The lowest BCUT2D eigenvalue weighted by Crippen LogP contribution is -2.16. The monoisotopic (exact) mass is 284 g/mol. The van der Waals surface area contributed by atoms with Crippen molar-refractivity contribution in [3.8, 4) is 17.2 Å². The van der Waals surface area contributed by atoms with E-state index in [1.165, 1.54) is 5.56 Å². The Balaban J connectivity index is 1.52. The average Bonchev–Trinajstić information content (AvgIpc) is 3.00. The largest absolute Gasteiger partial charge is 0.486 e. The van der Waals surface area contributed by atoms with Gasteiger partial charge in [-0.1, -0.05) is 12.1 Å². The number of fused-ring (bicyclic) bond motifs is 2. The Labute approximate surface area is 122 Å². The van der Waals surface area contributed by atoms with Crippen LogP contribution >= 0.6 is 0 Å². The molecule has 3 heterocycles. The number of aromatic nitrogens is 1. The topological polar surface area (TPSA) is 52.6 Å². The molecule has 0 spiro atoms. The minimum absolute atomic E-state index is 0.411. The zero-order valence-corrected chi connectivity index (χ0v) is 11.6. The molecule has 0 radical (unpaired) electrons. The van der Waals surface area contributed by atoms with Crippen molar-refractivity contribution in [2.75, 3.05) is 25.1 Å². The molecule has 5 heteroatoms. The maximum Gasteiger partial charge on any atom is 0.203 e. The van der Waals surface area contributed by atoms with Crippen molar-refractivity contribution in [3.05, 3.63) is 41.6 Å². The van der Waals surface area contributed by atoms with E-state index in [2.05, 4.69) is 16.4 Å². The maximum absolute atomic E-state index is 5.85. The molecule has 1 aromatic carbocycles. The highest BCUT2D eigenvalue weighted by molar-refractivity contribution is 5.52. The number of hydrogen-bond acceptors (Lipinski definition) is 5. The van der Waals surface area contributed by atoms with E-state index in [0.717, 1.165) is 30.2 Å². The van der Waals surface area contributed by atoms with Crippen molar-refractivity contribution in [2.24, 2.45) is 0 Å². The summed E-state index contributed by atoms with van der Waals surface area (Å²) in [6.45, 7) is 2.50. The van der Waals surface area contributed by atoms with Gasteiger partial charge in [0.25, 0.3) is 0 Å². The van der Waals surface area contributed by atoms with E-state index in [0.29, 0.717) is 31.3 Å². The molecule has 0 saturated heterocycles. The second-order valence-electron chi connectivity index (χ2n) is 5.06. The van der Waals surface area contributed by atoms with E-state index in [9.17, 15) is 0 Å². The van der Waals surface area contributed by atoms with Gasteiger partial charge in [0.2, 0.25) is 5.75 Å². The molecule has 0 saturated carbocycles. The number of nitrogens with one attached hydrogen (secondary N) is 1. The molecule has 2 aliphatic rings. The molecule has 0 aliphatic carbocycles. The SMILES string of the molecule is c1cc2c(c(OCc3ccc4c(n3)NCC4)c1)OCCO2. The fourth-order valence-electron chi connectivity index (χ4n) is 2.59. The molecular weight excluding hydrogens is 268 g/mol. The van der Waals surface area contributed by atoms with Gasteiger partial charge in [-0.3, -0.25) is 0 Å². The molecule has 0 amide bonds. The molecular formula is C16H16N2O3. The molecule has 0 bridgehead atoms. The third-order valence-electron chi connectivity index (χ3n) is 3.63. The number of pyridine rings is 1. The van der Waals surface area contributed by atoms with Gasteiger partial charge < -0.3 is 19.5 Å². The van der Waals surface area contributed by atoms with E-state index < -0.39 is 0 Å². The number of benzene rings is 1. The van der Waals surface area contributed by atoms with Crippen LogP contribution in [0.15, 0.2) is 30.3 Å². The van der Waals surface area contributed by atoms with Gasteiger partial charge in [-0.05, 0) is 30.2 Å². The van der Waals surface area contributed by atoms with Crippen molar-refractivity contribution < 1.29 is 14.2 Å². The third-order valence-corrected chi connectivity index (χ3v) is 3.63. The highest BCUT2D eigenvalue weighted by Gasteiger charge is 2.17. The molecule has 1 aromatic heterocycles. The Bertz CT molecular complexity index is 673. The molecule has 0 unspecified atom stereocenters. The van der Waals surface area contributed by atoms with Crippen LogP contribution in [0.3, 0.4) is 0 Å². The molecule has 2 aromatic rings. The Morgan fingerprint density at radius 1 is 1.14 bits per heavy atom. The van der Waals surface area contributed by atoms with Crippen molar-refractivity contribution in [2.45, 2.75) is 13.0 Å². The summed E-state index contributed by atoms with van der Waals surface area (Å²) in [5.41, 5.74) is 2.17. The van der Waals surface area contributed by atoms with Crippen molar-refractivity contribution in [3.63, 3.8) is 0 Å². The minimum atomic E-state index is 0.411. The summed E-state index contributed by atoms with van der Waals surface area (Å²) in [5.74, 6) is 3.10. The van der Waals surface area contributed by atoms with E-state index >= 15 is 0 Å². The first-order chi connectivity index (χ1) is 10.4. The Hall–Kier alpha value is -2.43. The van der Waals surface area contributed by atoms with Crippen LogP contribution < -0.4 is 19.5 Å². The van der Waals surface area contributed by atoms with Gasteiger partial charge in [-0.15, -0.1) is 0 Å². The number of rotatable bonds is 3. The molecule has 5 nitrogen and oxygen atoms in total. The summed E-state index contributed by atoms with van der Waals surface area (Å²) in [6, 6.07) is 9.80. The van der Waals surface area contributed by atoms with Crippen LogP contribution in [-0.2, 0) is 13.0 Å². The first-order valence-corrected chi connectivity index (χ1v) is 7.14. The summed E-state index contributed by atoms with van der Waals surface area (Å²) >= 11 is 0. The third kappa shape index (κ3) is 2.35. The average molecular weight is 284 g/mol. The van der Waals surface area contributed by atoms with Crippen molar-refractivity contribution in [1.29, 1.82) is 0 Å². The lowest BCUT2D eigenvalue weighted by molar-refractivity contribution is 0.160. The van der Waals surface area contributed by atoms with Crippen LogP contribution in [0, 0.1) is 0 Å². The summed E-state index contributed by atoms with van der Waals surface area (Å²) in [5, 5.41) is 3.28. The van der Waals surface area contributed by atoms with Gasteiger partial charge >= 0.3 is 0 Å². The molecule has 108 valence electrons. The van der Waals surface area contributed by atoms with Crippen LogP contribution in [0.5, 0.6) is 17.2 Å². The van der Waals surface area contributed by atoms with Gasteiger partial charge in [0.1, 0.15) is 25.6 Å². The highest BCUT2D eigenvalue weighted by atomic mass is 16.6. The number of nitrogens with zero attached hydrogens (tertiary/aromatic N) is 1. The highest BCUT2D eigenvalue weighted by Crippen LogP contribution is 2.39. The normalized spacial score (nSPS) is 15.2. The summed E-state index contributed by atoms with van der Waals surface area (Å²) in [7, 11) is 0. The van der Waals surface area contributed by atoms with E-state index in [4.69, 9.17) is 14.2 Å². The van der Waals surface area contributed by atoms with Gasteiger partial charge in [0.15, 0.2) is 11.5 Å². The zero-order valence-electron chi connectivity index (χ0n) is 11.6. The van der Waals surface area contributed by atoms with Gasteiger partial charge in [0, 0.05) is 6.54 Å². The first-order valence-electron chi connectivity index (χ1n) is 7.14. The molecule has 4 rings (SSSR count). The maximum atomic E-state index is 5.85. The fourth-order valence-corrected chi connectivity index (χ4v) is 2.59. The number of anilines is 1. The number of hydrogen-bond donors (Lipinski definition) is 1. The van der Waals surface area contributed by atoms with Gasteiger partial charge in [-0.25, -0.2) is 4.98 Å². The molecule has 21 heavy (non-hydrogen) atoms. The van der Waals surface area contributed by atoms with Crippen LogP contribution in [0.1, 0.15) is 11.3 Å². The van der Waals surface area contributed by atoms with Crippen LogP contribution in [0.25, 0.3) is 0 Å². The predicted octanol–water partition coefficient (Wildman–Crippen LogP) is 2.40. The van der Waals surface area contributed by atoms with Crippen LogP contribution in [0.4, 0.5) is 5.82 Å². The minimum Gasteiger partial charge on any atom is -0.486 e. The quantitative estimate of drug-likeness (QED) is 0.938. The van der Waals surface area contributed by atoms with Crippen LogP contribution in [-0.4, -0.2) is 24.7 Å². The Morgan fingerprint density at radius 2 is 2.10 bits per heavy atom. The Morgan fingerprint density at radius 3 is 3.10 bits per heavy atom. The Kier molecular flexibility index (Phi) is 3.03. The second kappa shape index (κ2) is 5.16. The van der Waals surface area contributed by atoms with Crippen molar-refractivity contribution >= 4 is 5.82 Å². The first kappa shape index (κ1) is 12.3. The zero-order chi connectivity index (χ0) is 14.1. The summed E-state index contributed by atoms with van der Waals surface area (Å²) < 4.78 is 17.0. The smallest absolute Gasteiger partial charge is 0.203 e. The molecule has 0 fully saturated rings. The van der Waals surface area contributed by atoms with E-state index in [1.54, 1.807) is 0 Å². The number of para-hydroxylation sites is 1. The summed E-state index contributed by atoms with van der Waals surface area (Å²) in [6.07, 6.45) is 1.04. The molecule has 2 aliphatic heterocycles. The lowest BCUT2D eigenvalue weighted by Gasteiger charge is -2.20. The second-order valence-corrected chi connectivity index (χ2v) is 5.06. The van der Waals surface area contributed by atoms with E-state index in [-0.39, 0.29) is 0 Å². The summed E-state index contributed by atoms with van der Waals surface area (Å²) in [4.78, 5) is 4.57. The lowest BCUT2D eigenvalue weighted by atomic mass is 10.2. The van der Waals surface area contributed by atoms with Crippen molar-refractivity contribution in [1.82, 2.24) is 4.98 Å².